The molecular weight excluding hydrogens is 396 g/mol. The van der Waals surface area contributed by atoms with E-state index in [4.69, 9.17) is 9.90 Å². The minimum atomic E-state index is -4.58. The Balaban J connectivity index is 0.000000941. The number of alkyl halides is 3. The maximum Gasteiger partial charge on any atom is 0.416 e. The second-order valence-corrected chi connectivity index (χ2v) is 7.51. The van der Waals surface area contributed by atoms with Crippen LogP contribution >= 0.6 is 0 Å². The average molecular weight is 420 g/mol. The lowest BCUT2D eigenvalue weighted by atomic mass is 9.77. The van der Waals surface area contributed by atoms with E-state index in [2.05, 4.69) is 5.32 Å². The maximum atomic E-state index is 13.6. The first kappa shape index (κ1) is 23.1. The molecule has 1 amide bonds. The van der Waals surface area contributed by atoms with Crippen LogP contribution in [0.1, 0.15) is 30.9 Å². The lowest BCUT2D eigenvalue weighted by Crippen LogP contribution is -2.48. The van der Waals surface area contributed by atoms with Gasteiger partial charge in [0.05, 0.1) is 17.7 Å². The summed E-state index contributed by atoms with van der Waals surface area (Å²) in [5, 5.41) is 19.8. The highest BCUT2D eigenvalue weighted by Gasteiger charge is 2.42. The van der Waals surface area contributed by atoms with Gasteiger partial charge in [0.25, 0.3) is 6.47 Å². The molecule has 29 heavy (non-hydrogen) atoms. The zero-order valence-corrected chi connectivity index (χ0v) is 15.8. The summed E-state index contributed by atoms with van der Waals surface area (Å²) < 4.78 is 52.1. The van der Waals surface area contributed by atoms with E-state index in [0.717, 1.165) is 12.1 Å². The van der Waals surface area contributed by atoms with Gasteiger partial charge in [0.1, 0.15) is 5.82 Å². The Morgan fingerprint density at radius 2 is 1.83 bits per heavy atom. The molecule has 0 bridgehead atoms. The van der Waals surface area contributed by atoms with Crippen LogP contribution in [0.3, 0.4) is 0 Å². The monoisotopic (exact) mass is 420 g/mol. The Kier molecular flexibility index (Phi) is 7.59. The van der Waals surface area contributed by atoms with Gasteiger partial charge in [0.2, 0.25) is 5.91 Å². The zero-order valence-electron chi connectivity index (χ0n) is 15.8. The van der Waals surface area contributed by atoms with E-state index in [1.165, 1.54) is 6.92 Å². The quantitative estimate of drug-likeness (QED) is 0.516. The summed E-state index contributed by atoms with van der Waals surface area (Å²) in [5.41, 5.74) is -0.694. The van der Waals surface area contributed by atoms with Gasteiger partial charge in [0, 0.05) is 26.6 Å². The van der Waals surface area contributed by atoms with E-state index in [-0.39, 0.29) is 42.4 Å². The van der Waals surface area contributed by atoms with Gasteiger partial charge in [-0.2, -0.15) is 13.2 Å². The average Bonchev–Trinajstić information content (AvgIpc) is 2.95. The number of nitrogens with one attached hydrogen (secondary N) is 1. The molecule has 1 aliphatic carbocycles. The summed E-state index contributed by atoms with van der Waals surface area (Å²) in [6, 6.07) is 2.33. The molecule has 2 fully saturated rings. The van der Waals surface area contributed by atoms with Crippen molar-refractivity contribution in [2.24, 2.45) is 11.8 Å². The predicted octanol–water partition coefficient (Wildman–Crippen LogP) is 2.25. The fourth-order valence-corrected chi connectivity index (χ4v) is 4.24. The number of likely N-dealkylation sites (tertiary alicyclic amines) is 1. The first-order chi connectivity index (χ1) is 13.5. The van der Waals surface area contributed by atoms with Crippen LogP contribution in [0.4, 0.5) is 17.6 Å². The van der Waals surface area contributed by atoms with E-state index >= 15 is 0 Å². The Hall–Kier alpha value is -2.20. The normalized spacial score (nSPS) is 26.8. The molecule has 162 valence electrons. The van der Waals surface area contributed by atoms with Crippen molar-refractivity contribution in [3.05, 3.63) is 35.1 Å². The Morgan fingerprint density at radius 1 is 1.24 bits per heavy atom. The van der Waals surface area contributed by atoms with Crippen LogP contribution in [-0.4, -0.2) is 52.7 Å². The van der Waals surface area contributed by atoms with Gasteiger partial charge < -0.3 is 15.5 Å². The fourth-order valence-electron chi connectivity index (χ4n) is 4.24. The standard InChI is InChI=1S/C18H22F4N2O2.CH2O2/c1-10(25)23-16-4-12-8-24(9-13(12)5-17(16)26)7-11-2-14(18(20,21)22)6-15(19)3-11;2-1-3/h2-3,6,12-13,16-17,26H,4-5,7-9H2,1H3,(H,23,25);1H,(H,2,3)/t12-,13+,16-,17-;/m1./s1. The van der Waals surface area contributed by atoms with Crippen LogP contribution in [0.5, 0.6) is 0 Å². The topological polar surface area (TPSA) is 89.9 Å². The van der Waals surface area contributed by atoms with Crippen molar-refractivity contribution < 1.29 is 37.4 Å². The van der Waals surface area contributed by atoms with Crippen LogP contribution in [0.2, 0.25) is 0 Å². The summed E-state index contributed by atoms with van der Waals surface area (Å²) >= 11 is 0. The number of halogens is 4. The Morgan fingerprint density at radius 3 is 2.38 bits per heavy atom. The SMILES string of the molecule is CC(=O)N[C@@H]1C[C@@H]2CN(Cc3cc(F)cc(C(F)(F)F)c3)C[C@@H]2C[C@H]1O.O=CO. The molecule has 1 aromatic rings. The van der Waals surface area contributed by atoms with E-state index < -0.39 is 23.7 Å². The number of carbonyl (C=O) groups is 2. The number of hydrogen-bond acceptors (Lipinski definition) is 4. The van der Waals surface area contributed by atoms with Gasteiger partial charge in [-0.15, -0.1) is 0 Å². The van der Waals surface area contributed by atoms with E-state index in [0.29, 0.717) is 32.0 Å². The molecule has 2 aliphatic rings. The van der Waals surface area contributed by atoms with E-state index in [9.17, 15) is 27.5 Å². The third kappa shape index (κ3) is 6.40. The molecule has 1 aliphatic heterocycles. The molecule has 1 saturated heterocycles. The number of hydrogen-bond donors (Lipinski definition) is 3. The third-order valence-corrected chi connectivity index (χ3v) is 5.30. The van der Waals surface area contributed by atoms with Crippen molar-refractivity contribution in [3.8, 4) is 0 Å². The van der Waals surface area contributed by atoms with Gasteiger partial charge >= 0.3 is 6.18 Å². The Labute approximate surface area is 165 Å². The van der Waals surface area contributed by atoms with Gasteiger partial charge in [-0.1, -0.05) is 0 Å². The number of aliphatic hydroxyl groups is 1. The van der Waals surface area contributed by atoms with Crippen molar-refractivity contribution in [1.82, 2.24) is 10.2 Å². The van der Waals surface area contributed by atoms with E-state index in [1.807, 2.05) is 4.90 Å². The van der Waals surface area contributed by atoms with Gasteiger partial charge in [-0.05, 0) is 48.4 Å². The van der Waals surface area contributed by atoms with Gasteiger partial charge in [-0.3, -0.25) is 14.5 Å². The minimum Gasteiger partial charge on any atom is -0.483 e. The summed E-state index contributed by atoms with van der Waals surface area (Å²) in [6.07, 6.45) is -4.01. The molecular formula is C19H24F4N2O4. The largest absolute Gasteiger partial charge is 0.483 e. The molecule has 0 radical (unpaired) electrons. The number of fused-ring (bicyclic) bond motifs is 1. The third-order valence-electron chi connectivity index (χ3n) is 5.30. The molecule has 3 N–H and O–H groups in total. The molecule has 1 heterocycles. The number of carboxylic acid groups (broad SMARTS) is 1. The molecule has 10 heteroatoms. The summed E-state index contributed by atoms with van der Waals surface area (Å²) in [5.74, 6) is -0.606. The van der Waals surface area contributed by atoms with E-state index in [1.54, 1.807) is 0 Å². The summed E-state index contributed by atoms with van der Waals surface area (Å²) in [6.45, 7) is 2.69. The number of amides is 1. The van der Waals surface area contributed by atoms with Crippen LogP contribution in [0.25, 0.3) is 0 Å². The second kappa shape index (κ2) is 9.53. The lowest BCUT2D eigenvalue weighted by Gasteiger charge is -2.35. The van der Waals surface area contributed by atoms with Crippen LogP contribution in [-0.2, 0) is 22.3 Å². The molecule has 1 aromatic carbocycles. The molecule has 0 aromatic heterocycles. The number of carbonyl (C=O) groups excluding carboxylic acids is 1. The number of benzene rings is 1. The lowest BCUT2D eigenvalue weighted by molar-refractivity contribution is -0.137. The second-order valence-electron chi connectivity index (χ2n) is 7.51. The number of aliphatic hydroxyl groups excluding tert-OH is 1. The van der Waals surface area contributed by atoms with Crippen molar-refractivity contribution >= 4 is 12.4 Å². The van der Waals surface area contributed by atoms with Crippen molar-refractivity contribution in [1.29, 1.82) is 0 Å². The minimum absolute atomic E-state index is 0.193. The molecule has 4 atom stereocenters. The van der Waals surface area contributed by atoms with Gasteiger partial charge in [0.15, 0.2) is 0 Å². The predicted molar refractivity (Wildman–Crippen MR) is 95.2 cm³/mol. The highest BCUT2D eigenvalue weighted by atomic mass is 19.4. The molecule has 6 nitrogen and oxygen atoms in total. The van der Waals surface area contributed by atoms with Crippen molar-refractivity contribution in [2.75, 3.05) is 13.1 Å². The van der Waals surface area contributed by atoms with Crippen LogP contribution < -0.4 is 5.32 Å². The van der Waals surface area contributed by atoms with Crippen LogP contribution in [0, 0.1) is 17.7 Å². The first-order valence-electron chi connectivity index (χ1n) is 9.15. The van der Waals surface area contributed by atoms with Crippen LogP contribution in [0.15, 0.2) is 18.2 Å². The number of rotatable bonds is 3. The Bertz CT molecular complexity index is 729. The molecule has 0 spiro atoms. The smallest absolute Gasteiger partial charge is 0.416 e. The summed E-state index contributed by atoms with van der Waals surface area (Å²) in [7, 11) is 0. The van der Waals surface area contributed by atoms with Crippen molar-refractivity contribution in [2.45, 2.75) is 44.6 Å². The highest BCUT2D eigenvalue weighted by Crippen LogP contribution is 2.37. The maximum absolute atomic E-state index is 13.6. The molecule has 3 rings (SSSR count). The zero-order chi connectivity index (χ0) is 21.8. The molecule has 1 saturated carbocycles. The highest BCUT2D eigenvalue weighted by molar-refractivity contribution is 5.73. The number of nitrogens with zero attached hydrogens (tertiary/aromatic N) is 1. The van der Waals surface area contributed by atoms with Gasteiger partial charge in [-0.25, -0.2) is 4.39 Å². The first-order valence-corrected chi connectivity index (χ1v) is 9.15. The summed E-state index contributed by atoms with van der Waals surface area (Å²) in [4.78, 5) is 21.6. The fraction of sp³-hybridized carbons (Fsp3) is 0.579. The molecule has 0 unspecified atom stereocenters. The van der Waals surface area contributed by atoms with Crippen molar-refractivity contribution in [3.63, 3.8) is 0 Å².